The summed E-state index contributed by atoms with van der Waals surface area (Å²) in [7, 11) is 0. The Kier molecular flexibility index (Phi) is 2.80. The number of rotatable bonds is 0. The number of hydrogen-bond donors (Lipinski definition) is 3. The monoisotopic (exact) mass is 355 g/mol. The molecule has 1 amide bonds. The fraction of sp³-hybridized carbons (Fsp3) is 0. The molecule has 6 heteroatoms. The van der Waals surface area contributed by atoms with Gasteiger partial charge in [0, 0.05) is 27.0 Å². The molecule has 0 unspecified atom stereocenters. The van der Waals surface area contributed by atoms with Crippen LogP contribution in [0.2, 0.25) is 0 Å². The second-order valence-corrected chi connectivity index (χ2v) is 5.93. The number of nitrogens with zero attached hydrogens (tertiary/aromatic N) is 1. The van der Waals surface area contributed by atoms with Crippen molar-refractivity contribution in [2.45, 2.75) is 0 Å². The minimum absolute atomic E-state index is 0.211. The number of carbonyl (C=O) groups is 1. The summed E-state index contributed by atoms with van der Waals surface area (Å²) >= 11 is 3.41. The van der Waals surface area contributed by atoms with E-state index in [1.54, 1.807) is 0 Å². The van der Waals surface area contributed by atoms with Gasteiger partial charge in [0.25, 0.3) is 5.91 Å². The molecule has 2 aromatic carbocycles. The number of amides is 1. The number of halogens is 1. The number of oxime groups is 1. The number of carbonyl (C=O) groups excluding carboxylic acids is 1. The molecule has 0 bridgehead atoms. The molecule has 0 saturated carbocycles. The summed E-state index contributed by atoms with van der Waals surface area (Å²) in [5.41, 5.74) is 4.46. The number of anilines is 2. The predicted molar refractivity (Wildman–Crippen MR) is 88.1 cm³/mol. The van der Waals surface area contributed by atoms with Crippen molar-refractivity contribution in [2.24, 2.45) is 5.16 Å². The van der Waals surface area contributed by atoms with Crippen molar-refractivity contribution in [3.8, 4) is 0 Å². The van der Waals surface area contributed by atoms with Crippen LogP contribution in [0.5, 0.6) is 0 Å². The van der Waals surface area contributed by atoms with Gasteiger partial charge >= 0.3 is 0 Å². The van der Waals surface area contributed by atoms with Crippen LogP contribution >= 0.6 is 15.9 Å². The fourth-order valence-corrected chi connectivity index (χ4v) is 3.17. The Morgan fingerprint density at radius 2 is 1.82 bits per heavy atom. The van der Waals surface area contributed by atoms with Crippen LogP contribution in [0, 0.1) is 0 Å². The highest BCUT2D eigenvalue weighted by atomic mass is 79.9. The molecule has 2 aliphatic rings. The third kappa shape index (κ3) is 1.77. The van der Waals surface area contributed by atoms with Crippen LogP contribution in [0.1, 0.15) is 11.1 Å². The Bertz CT molecular complexity index is 887. The summed E-state index contributed by atoms with van der Waals surface area (Å²) in [5, 5.41) is 18.8. The second kappa shape index (κ2) is 4.71. The smallest absolute Gasteiger partial charge is 0.258 e. The van der Waals surface area contributed by atoms with Gasteiger partial charge in [-0.1, -0.05) is 39.3 Å². The molecule has 0 saturated heterocycles. The van der Waals surface area contributed by atoms with Crippen LogP contribution in [0.25, 0.3) is 5.57 Å². The fourth-order valence-electron chi connectivity index (χ4n) is 2.81. The Balaban J connectivity index is 1.96. The molecule has 0 fully saturated rings. The number of hydrogen-bond acceptors (Lipinski definition) is 4. The first kappa shape index (κ1) is 13.1. The van der Waals surface area contributed by atoms with E-state index in [0.29, 0.717) is 17.0 Å². The van der Waals surface area contributed by atoms with Gasteiger partial charge in [-0.05, 0) is 24.3 Å². The van der Waals surface area contributed by atoms with Gasteiger partial charge in [0.2, 0.25) is 0 Å². The molecular formula is C16H10BrN3O2. The van der Waals surface area contributed by atoms with E-state index in [2.05, 4.69) is 31.7 Å². The summed E-state index contributed by atoms with van der Waals surface area (Å²) in [5.74, 6) is -0.211. The second-order valence-electron chi connectivity index (χ2n) is 5.01. The average molecular weight is 356 g/mol. The van der Waals surface area contributed by atoms with Crippen LogP contribution in [-0.4, -0.2) is 16.8 Å². The van der Waals surface area contributed by atoms with Gasteiger partial charge in [0.15, 0.2) is 0 Å². The first-order valence-corrected chi connectivity index (χ1v) is 7.43. The molecule has 0 aliphatic carbocycles. The van der Waals surface area contributed by atoms with Gasteiger partial charge in [0.1, 0.15) is 5.71 Å². The molecule has 4 rings (SSSR count). The summed E-state index contributed by atoms with van der Waals surface area (Å²) < 4.78 is 0.901. The van der Waals surface area contributed by atoms with Crippen molar-refractivity contribution in [1.29, 1.82) is 0 Å². The number of fused-ring (bicyclic) bond motifs is 2. The van der Waals surface area contributed by atoms with E-state index < -0.39 is 0 Å². The Morgan fingerprint density at radius 3 is 2.64 bits per heavy atom. The van der Waals surface area contributed by atoms with E-state index >= 15 is 0 Å². The predicted octanol–water partition coefficient (Wildman–Crippen LogP) is 3.42. The molecular weight excluding hydrogens is 346 g/mol. The number of allylic oxidation sites excluding steroid dienone is 1. The third-order valence-corrected chi connectivity index (χ3v) is 4.25. The first-order valence-electron chi connectivity index (χ1n) is 6.63. The topological polar surface area (TPSA) is 73.7 Å². The molecule has 2 heterocycles. The molecule has 2 aromatic rings. The van der Waals surface area contributed by atoms with Gasteiger partial charge in [0.05, 0.1) is 11.3 Å². The normalized spacial score (nSPS) is 20.6. The largest absolute Gasteiger partial charge is 0.410 e. The number of benzene rings is 2. The van der Waals surface area contributed by atoms with Crippen molar-refractivity contribution in [2.75, 3.05) is 10.6 Å². The minimum atomic E-state index is -0.211. The molecule has 0 aromatic heterocycles. The third-order valence-electron chi connectivity index (χ3n) is 3.75. The molecule has 0 atom stereocenters. The molecule has 2 aliphatic heterocycles. The summed E-state index contributed by atoms with van der Waals surface area (Å²) in [6.07, 6.45) is 0. The van der Waals surface area contributed by atoms with E-state index in [0.717, 1.165) is 27.0 Å². The van der Waals surface area contributed by atoms with E-state index in [1.165, 1.54) is 0 Å². The Hall–Kier alpha value is -2.60. The summed E-state index contributed by atoms with van der Waals surface area (Å²) in [6.45, 7) is 0. The minimum Gasteiger partial charge on any atom is -0.410 e. The first-order chi connectivity index (χ1) is 10.7. The highest BCUT2D eigenvalue weighted by Crippen LogP contribution is 2.39. The van der Waals surface area contributed by atoms with E-state index in [1.807, 2.05) is 42.5 Å². The van der Waals surface area contributed by atoms with E-state index in [4.69, 9.17) is 0 Å². The van der Waals surface area contributed by atoms with Gasteiger partial charge in [-0.25, -0.2) is 0 Å². The summed E-state index contributed by atoms with van der Waals surface area (Å²) in [6, 6.07) is 13.0. The molecule has 0 spiro atoms. The zero-order chi connectivity index (χ0) is 15.3. The van der Waals surface area contributed by atoms with Crippen molar-refractivity contribution in [3.63, 3.8) is 0 Å². The van der Waals surface area contributed by atoms with Gasteiger partial charge < -0.3 is 15.8 Å². The van der Waals surface area contributed by atoms with E-state index in [9.17, 15) is 10.0 Å². The number of nitrogens with one attached hydrogen (secondary N) is 2. The molecule has 0 radical (unpaired) electrons. The lowest BCUT2D eigenvalue weighted by Gasteiger charge is -2.04. The van der Waals surface area contributed by atoms with Crippen molar-refractivity contribution >= 4 is 44.5 Å². The Morgan fingerprint density at radius 1 is 1.00 bits per heavy atom. The average Bonchev–Trinajstić information content (AvgIpc) is 3.02. The maximum atomic E-state index is 12.3. The van der Waals surface area contributed by atoms with Gasteiger partial charge in [-0.15, -0.1) is 0 Å². The summed E-state index contributed by atoms with van der Waals surface area (Å²) in [4.78, 5) is 12.3. The molecule has 108 valence electrons. The standard InChI is InChI=1S/C16H10BrN3O2/c17-8-5-6-10-12(7-8)18-15(14(10)20-22)13-9-3-1-2-4-11(9)19-16(13)21/h1-7,18,22H,(H,19,21)/b15-13-,20-14-. The molecule has 3 N–H and O–H groups in total. The highest BCUT2D eigenvalue weighted by molar-refractivity contribution is 9.10. The van der Waals surface area contributed by atoms with Crippen LogP contribution in [-0.2, 0) is 4.79 Å². The quantitative estimate of drug-likeness (QED) is 0.385. The Labute approximate surface area is 134 Å². The van der Waals surface area contributed by atoms with Crippen LogP contribution < -0.4 is 10.6 Å². The maximum Gasteiger partial charge on any atom is 0.258 e. The van der Waals surface area contributed by atoms with E-state index in [-0.39, 0.29) is 5.91 Å². The van der Waals surface area contributed by atoms with Crippen molar-refractivity contribution in [1.82, 2.24) is 0 Å². The highest BCUT2D eigenvalue weighted by Gasteiger charge is 2.34. The lowest BCUT2D eigenvalue weighted by molar-refractivity contribution is -0.110. The maximum absolute atomic E-state index is 12.3. The van der Waals surface area contributed by atoms with Crippen molar-refractivity contribution in [3.05, 3.63) is 63.8 Å². The molecule has 22 heavy (non-hydrogen) atoms. The zero-order valence-corrected chi connectivity index (χ0v) is 12.8. The van der Waals surface area contributed by atoms with Gasteiger partial charge in [-0.2, -0.15) is 0 Å². The number of para-hydroxylation sites is 1. The SMILES string of the molecule is O=C1Nc2ccccc2/C1=C1/Nc2cc(Br)ccc2/C1=N/O. The van der Waals surface area contributed by atoms with Crippen LogP contribution in [0.4, 0.5) is 11.4 Å². The van der Waals surface area contributed by atoms with Gasteiger partial charge in [-0.3, -0.25) is 4.79 Å². The van der Waals surface area contributed by atoms with Crippen molar-refractivity contribution < 1.29 is 10.0 Å². The lowest BCUT2D eigenvalue weighted by atomic mass is 10.0. The van der Waals surface area contributed by atoms with Crippen LogP contribution in [0.3, 0.4) is 0 Å². The molecule has 5 nitrogen and oxygen atoms in total. The van der Waals surface area contributed by atoms with Crippen LogP contribution in [0.15, 0.2) is 57.8 Å². The zero-order valence-electron chi connectivity index (χ0n) is 11.2. The lowest BCUT2D eigenvalue weighted by Crippen LogP contribution is -2.12.